The molecule has 0 unspecified atom stereocenters. The molecule has 0 spiro atoms. The molecule has 0 aliphatic heterocycles. The third-order valence-electron chi connectivity index (χ3n) is 4.26. The molecule has 2 heterocycles. The number of nitrogens with one attached hydrogen (secondary N) is 2. The Balaban J connectivity index is 0.000000338. The summed E-state index contributed by atoms with van der Waals surface area (Å²) in [7, 11) is 0. The van der Waals surface area contributed by atoms with Crippen molar-refractivity contribution in [3.8, 4) is 11.5 Å². The van der Waals surface area contributed by atoms with Gasteiger partial charge in [-0.2, -0.15) is 4.98 Å². The van der Waals surface area contributed by atoms with Gasteiger partial charge in [0.2, 0.25) is 5.95 Å². The monoisotopic (exact) mass is 534 g/mol. The molecule has 0 saturated carbocycles. The lowest BCUT2D eigenvalue weighted by Crippen LogP contribution is -2.03. The number of aromatic nitrogens is 4. The van der Waals surface area contributed by atoms with E-state index in [4.69, 9.17) is 32.7 Å². The number of hydrogen-bond donors (Lipinski definition) is 2. The van der Waals surface area contributed by atoms with Gasteiger partial charge in [-0.05, 0) is 38.1 Å². The predicted octanol–water partition coefficient (Wildman–Crippen LogP) is 6.82. The Bertz CT molecular complexity index is 1280. The number of halogens is 4. The lowest BCUT2D eigenvalue weighted by atomic mass is 10.3. The molecule has 4 aromatic rings. The van der Waals surface area contributed by atoms with Gasteiger partial charge in [0.05, 0.1) is 19.4 Å². The summed E-state index contributed by atoms with van der Waals surface area (Å²) in [6.45, 7) is 4.95. The van der Waals surface area contributed by atoms with Crippen LogP contribution in [0.3, 0.4) is 0 Å². The van der Waals surface area contributed by atoms with E-state index < -0.39 is 11.6 Å². The van der Waals surface area contributed by atoms with Crippen molar-refractivity contribution in [3.63, 3.8) is 0 Å². The Hall–Kier alpha value is -3.76. The van der Waals surface area contributed by atoms with E-state index in [9.17, 15) is 8.78 Å². The molecule has 0 amide bonds. The molecular formula is C24H22Cl2F2N6O2. The molecule has 2 N–H and O–H groups in total. The van der Waals surface area contributed by atoms with Crippen molar-refractivity contribution in [2.75, 3.05) is 23.8 Å². The van der Waals surface area contributed by atoms with Crippen molar-refractivity contribution in [1.29, 1.82) is 0 Å². The molecule has 0 aliphatic rings. The van der Waals surface area contributed by atoms with Crippen LogP contribution >= 0.6 is 23.2 Å². The molecule has 8 nitrogen and oxygen atoms in total. The van der Waals surface area contributed by atoms with Crippen LogP contribution in [0.2, 0.25) is 10.3 Å². The van der Waals surface area contributed by atoms with Gasteiger partial charge in [0.15, 0.2) is 27.8 Å². The van der Waals surface area contributed by atoms with Crippen LogP contribution < -0.4 is 20.1 Å². The zero-order valence-corrected chi connectivity index (χ0v) is 20.8. The van der Waals surface area contributed by atoms with E-state index in [1.54, 1.807) is 6.07 Å². The number of nitrogens with zero attached hydrogens (tertiary/aromatic N) is 4. The second-order valence-electron chi connectivity index (χ2n) is 6.83. The smallest absolute Gasteiger partial charge is 0.229 e. The fraction of sp³-hybridized carbons (Fsp3) is 0.167. The first kappa shape index (κ1) is 26.8. The number of hydrogen-bond acceptors (Lipinski definition) is 8. The van der Waals surface area contributed by atoms with E-state index in [1.165, 1.54) is 0 Å². The summed E-state index contributed by atoms with van der Waals surface area (Å²) < 4.78 is 37.4. The molecule has 0 saturated heterocycles. The molecule has 2 aromatic heterocycles. The SMILES string of the molecule is CCOc1cccc(Nc2ncc(F)c(Nc3cccc(OCC)c3)n2)c1.Fc1c(Cl)ncnc1Cl. The van der Waals surface area contributed by atoms with Gasteiger partial charge in [-0.15, -0.1) is 0 Å². The lowest BCUT2D eigenvalue weighted by molar-refractivity contribution is 0.340. The lowest BCUT2D eigenvalue weighted by Gasteiger charge is -2.11. The summed E-state index contributed by atoms with van der Waals surface area (Å²) in [6, 6.07) is 14.6. The first-order valence-electron chi connectivity index (χ1n) is 10.7. The number of anilines is 4. The normalized spacial score (nSPS) is 10.2. The van der Waals surface area contributed by atoms with E-state index in [0.29, 0.717) is 24.7 Å². The van der Waals surface area contributed by atoms with E-state index in [-0.39, 0.29) is 22.1 Å². The summed E-state index contributed by atoms with van der Waals surface area (Å²) in [5.41, 5.74) is 1.42. The van der Waals surface area contributed by atoms with Crippen LogP contribution in [0.5, 0.6) is 11.5 Å². The van der Waals surface area contributed by atoms with E-state index in [2.05, 4.69) is 30.6 Å². The number of ether oxygens (including phenoxy) is 2. The summed E-state index contributed by atoms with van der Waals surface area (Å²) in [4.78, 5) is 14.9. The molecule has 0 radical (unpaired) electrons. The minimum Gasteiger partial charge on any atom is -0.494 e. The Morgan fingerprint density at radius 3 is 1.89 bits per heavy atom. The largest absolute Gasteiger partial charge is 0.494 e. The maximum Gasteiger partial charge on any atom is 0.229 e. The highest BCUT2D eigenvalue weighted by molar-refractivity contribution is 6.33. The average molecular weight is 535 g/mol. The van der Waals surface area contributed by atoms with Crippen molar-refractivity contribution < 1.29 is 18.3 Å². The summed E-state index contributed by atoms with van der Waals surface area (Å²) in [5.74, 6) is 0.445. The molecule has 0 bridgehead atoms. The van der Waals surface area contributed by atoms with Crippen molar-refractivity contribution in [2.24, 2.45) is 0 Å². The highest BCUT2D eigenvalue weighted by atomic mass is 35.5. The Morgan fingerprint density at radius 2 is 1.36 bits per heavy atom. The van der Waals surface area contributed by atoms with Gasteiger partial charge in [0.1, 0.15) is 17.8 Å². The van der Waals surface area contributed by atoms with Gasteiger partial charge in [0.25, 0.3) is 0 Å². The molecule has 188 valence electrons. The van der Waals surface area contributed by atoms with Crippen molar-refractivity contribution in [2.45, 2.75) is 13.8 Å². The zero-order chi connectivity index (χ0) is 25.9. The molecular weight excluding hydrogens is 513 g/mol. The molecule has 0 atom stereocenters. The third kappa shape index (κ3) is 7.89. The van der Waals surface area contributed by atoms with Gasteiger partial charge in [0, 0.05) is 23.5 Å². The van der Waals surface area contributed by atoms with Crippen LogP contribution in [0, 0.1) is 11.6 Å². The van der Waals surface area contributed by atoms with Gasteiger partial charge in [-0.3, -0.25) is 0 Å². The van der Waals surface area contributed by atoms with Crippen LogP contribution in [0.25, 0.3) is 0 Å². The van der Waals surface area contributed by atoms with Crippen LogP contribution in [-0.4, -0.2) is 33.1 Å². The molecule has 2 aromatic carbocycles. The topological polar surface area (TPSA) is 94.1 Å². The summed E-state index contributed by atoms with van der Waals surface area (Å²) in [6.07, 6.45) is 2.21. The summed E-state index contributed by atoms with van der Waals surface area (Å²) in [5, 5.41) is 5.50. The van der Waals surface area contributed by atoms with Gasteiger partial charge in [-0.25, -0.2) is 23.7 Å². The zero-order valence-electron chi connectivity index (χ0n) is 19.3. The quantitative estimate of drug-likeness (QED) is 0.238. The minimum atomic E-state index is -0.777. The van der Waals surface area contributed by atoms with E-state index in [0.717, 1.165) is 24.0 Å². The Labute approximate surface area is 216 Å². The van der Waals surface area contributed by atoms with Crippen molar-refractivity contribution in [1.82, 2.24) is 19.9 Å². The molecule has 12 heteroatoms. The van der Waals surface area contributed by atoms with Crippen molar-refractivity contribution >= 4 is 46.3 Å². The maximum absolute atomic E-state index is 14.1. The number of benzene rings is 2. The van der Waals surface area contributed by atoms with Crippen LogP contribution in [0.1, 0.15) is 13.8 Å². The fourth-order valence-corrected chi connectivity index (χ4v) is 3.08. The van der Waals surface area contributed by atoms with Crippen LogP contribution in [0.4, 0.5) is 31.9 Å². The van der Waals surface area contributed by atoms with Crippen LogP contribution in [0.15, 0.2) is 61.1 Å². The molecule has 0 fully saturated rings. The Kier molecular flexibility index (Phi) is 9.96. The molecule has 36 heavy (non-hydrogen) atoms. The summed E-state index contributed by atoms with van der Waals surface area (Å²) >= 11 is 10.4. The Morgan fingerprint density at radius 1 is 0.806 bits per heavy atom. The average Bonchev–Trinajstić information content (AvgIpc) is 2.86. The minimum absolute atomic E-state index is 0.0714. The molecule has 4 rings (SSSR count). The van der Waals surface area contributed by atoms with Crippen LogP contribution in [-0.2, 0) is 0 Å². The van der Waals surface area contributed by atoms with E-state index in [1.807, 2.05) is 56.3 Å². The first-order valence-corrected chi connectivity index (χ1v) is 11.5. The maximum atomic E-state index is 14.1. The van der Waals surface area contributed by atoms with Gasteiger partial charge < -0.3 is 20.1 Å². The number of rotatable bonds is 8. The second kappa shape index (κ2) is 13.4. The van der Waals surface area contributed by atoms with Gasteiger partial charge in [-0.1, -0.05) is 35.3 Å². The predicted molar refractivity (Wildman–Crippen MR) is 136 cm³/mol. The van der Waals surface area contributed by atoms with Crippen molar-refractivity contribution in [3.05, 3.63) is 83.0 Å². The molecule has 0 aliphatic carbocycles. The van der Waals surface area contributed by atoms with Gasteiger partial charge >= 0.3 is 0 Å². The van der Waals surface area contributed by atoms with E-state index >= 15 is 0 Å². The first-order chi connectivity index (χ1) is 17.4. The third-order valence-corrected chi connectivity index (χ3v) is 4.78. The highest BCUT2D eigenvalue weighted by Gasteiger charge is 2.09. The highest BCUT2D eigenvalue weighted by Crippen LogP contribution is 2.24. The fourth-order valence-electron chi connectivity index (χ4n) is 2.77. The second-order valence-corrected chi connectivity index (χ2v) is 7.55. The standard InChI is InChI=1S/C20H21FN4O2.C4HCl2FN2/c1-3-26-16-9-5-7-14(11-16)23-19-18(21)13-22-20(25-19)24-15-8-6-10-17(12-15)27-4-2;5-3-2(7)4(6)9-1-8-3/h5-13H,3-4H2,1-2H3,(H2,22,23,24,25);1H.